The van der Waals surface area contributed by atoms with Crippen molar-refractivity contribution in [3.8, 4) is 5.75 Å². The molecule has 0 amide bonds. The normalized spacial score (nSPS) is 11.5. The first-order chi connectivity index (χ1) is 9.78. The Kier molecular flexibility index (Phi) is 4.46. The standard InChI is InChI=1S/C13H13BrF3N3O/c1-8-12(14)10(20(2)19-8)7-18-9-5-3-4-6-11(9)21-13(15,16)17/h3-6,18H,7H2,1-2H3. The van der Waals surface area contributed by atoms with Crippen LogP contribution >= 0.6 is 15.9 Å². The van der Waals surface area contributed by atoms with Crippen molar-refractivity contribution >= 4 is 21.6 Å². The minimum atomic E-state index is -4.72. The largest absolute Gasteiger partial charge is 0.573 e. The van der Waals surface area contributed by atoms with Crippen LogP contribution in [-0.4, -0.2) is 16.1 Å². The number of hydrogen-bond donors (Lipinski definition) is 1. The molecule has 0 saturated carbocycles. The van der Waals surface area contributed by atoms with E-state index in [4.69, 9.17) is 0 Å². The first-order valence-corrected chi connectivity index (χ1v) is 6.84. The van der Waals surface area contributed by atoms with Crippen molar-refractivity contribution in [2.75, 3.05) is 5.32 Å². The van der Waals surface area contributed by atoms with E-state index in [1.54, 1.807) is 17.8 Å². The summed E-state index contributed by atoms with van der Waals surface area (Å²) < 4.78 is 43.5. The van der Waals surface area contributed by atoms with E-state index in [9.17, 15) is 13.2 Å². The van der Waals surface area contributed by atoms with Gasteiger partial charge < -0.3 is 10.1 Å². The van der Waals surface area contributed by atoms with Gasteiger partial charge in [-0.25, -0.2) is 0 Å². The highest BCUT2D eigenvalue weighted by Gasteiger charge is 2.32. The van der Waals surface area contributed by atoms with E-state index in [1.807, 2.05) is 6.92 Å². The molecular formula is C13H13BrF3N3O. The SMILES string of the molecule is Cc1nn(C)c(CNc2ccccc2OC(F)(F)F)c1Br. The molecule has 0 aliphatic carbocycles. The number of benzene rings is 1. The third-order valence-corrected chi connectivity index (χ3v) is 3.85. The van der Waals surface area contributed by atoms with Gasteiger partial charge in [-0.3, -0.25) is 4.68 Å². The second-order valence-electron chi connectivity index (χ2n) is 4.37. The zero-order valence-corrected chi connectivity index (χ0v) is 12.9. The Balaban J connectivity index is 2.17. The Hall–Kier alpha value is -1.70. The van der Waals surface area contributed by atoms with Crippen LogP contribution in [0.15, 0.2) is 28.7 Å². The van der Waals surface area contributed by atoms with Crippen LogP contribution in [0.2, 0.25) is 0 Å². The van der Waals surface area contributed by atoms with Gasteiger partial charge in [0.1, 0.15) is 0 Å². The van der Waals surface area contributed by atoms with Crippen molar-refractivity contribution in [3.63, 3.8) is 0 Å². The number of hydrogen-bond acceptors (Lipinski definition) is 3. The van der Waals surface area contributed by atoms with Gasteiger partial charge in [0, 0.05) is 7.05 Å². The van der Waals surface area contributed by atoms with Gasteiger partial charge in [-0.2, -0.15) is 5.10 Å². The highest BCUT2D eigenvalue weighted by Crippen LogP contribution is 2.30. The Bertz CT molecular complexity index is 640. The molecular weight excluding hydrogens is 351 g/mol. The number of alkyl halides is 3. The van der Waals surface area contributed by atoms with Crippen LogP contribution < -0.4 is 10.1 Å². The van der Waals surface area contributed by atoms with E-state index in [-0.39, 0.29) is 11.4 Å². The smallest absolute Gasteiger partial charge is 0.404 e. The number of nitrogens with zero attached hydrogens (tertiary/aromatic N) is 2. The molecule has 1 aromatic heterocycles. The molecule has 1 heterocycles. The number of halogens is 4. The summed E-state index contributed by atoms with van der Waals surface area (Å²) in [6.45, 7) is 2.16. The van der Waals surface area contributed by atoms with E-state index in [1.165, 1.54) is 18.2 Å². The monoisotopic (exact) mass is 363 g/mol. The summed E-state index contributed by atoms with van der Waals surface area (Å²) in [6.07, 6.45) is -4.72. The molecule has 1 aromatic carbocycles. The van der Waals surface area contributed by atoms with Gasteiger partial charge >= 0.3 is 6.36 Å². The van der Waals surface area contributed by atoms with Gasteiger partial charge in [-0.15, -0.1) is 13.2 Å². The maximum absolute atomic E-state index is 12.3. The van der Waals surface area contributed by atoms with E-state index in [2.05, 4.69) is 31.1 Å². The first kappa shape index (κ1) is 15.7. The molecule has 4 nitrogen and oxygen atoms in total. The molecule has 8 heteroatoms. The number of nitrogens with one attached hydrogen (secondary N) is 1. The molecule has 1 N–H and O–H groups in total. The topological polar surface area (TPSA) is 39.1 Å². The molecule has 2 aromatic rings. The van der Waals surface area contributed by atoms with Crippen LogP contribution in [-0.2, 0) is 13.6 Å². The Morgan fingerprint density at radius 2 is 2.00 bits per heavy atom. The summed E-state index contributed by atoms with van der Waals surface area (Å²) in [4.78, 5) is 0. The van der Waals surface area contributed by atoms with Gasteiger partial charge in [-0.05, 0) is 35.0 Å². The second kappa shape index (κ2) is 5.97. The van der Waals surface area contributed by atoms with Gasteiger partial charge in [0.05, 0.1) is 28.1 Å². The zero-order valence-electron chi connectivity index (χ0n) is 11.3. The third kappa shape index (κ3) is 3.90. The number of aryl methyl sites for hydroxylation is 2. The molecule has 0 bridgehead atoms. The summed E-state index contributed by atoms with van der Waals surface area (Å²) >= 11 is 3.41. The molecule has 0 saturated heterocycles. The maximum Gasteiger partial charge on any atom is 0.573 e. The predicted octanol–water partition coefficient (Wildman–Crippen LogP) is 4.00. The van der Waals surface area contributed by atoms with E-state index in [0.717, 1.165) is 15.9 Å². The zero-order chi connectivity index (χ0) is 15.6. The average Bonchev–Trinajstić information content (AvgIpc) is 2.61. The molecule has 0 fully saturated rings. The van der Waals surface area contributed by atoms with Crippen molar-refractivity contribution in [1.82, 2.24) is 9.78 Å². The molecule has 0 unspecified atom stereocenters. The fourth-order valence-electron chi connectivity index (χ4n) is 1.88. The summed E-state index contributed by atoms with van der Waals surface area (Å²) in [6, 6.07) is 5.91. The van der Waals surface area contributed by atoms with Crippen LogP contribution in [0, 0.1) is 6.92 Å². The molecule has 2 rings (SSSR count). The maximum atomic E-state index is 12.3. The lowest BCUT2D eigenvalue weighted by atomic mass is 10.3. The van der Waals surface area contributed by atoms with E-state index < -0.39 is 6.36 Å². The fourth-order valence-corrected chi connectivity index (χ4v) is 2.35. The lowest BCUT2D eigenvalue weighted by molar-refractivity contribution is -0.274. The molecule has 114 valence electrons. The molecule has 21 heavy (non-hydrogen) atoms. The summed E-state index contributed by atoms with van der Waals surface area (Å²) in [7, 11) is 1.77. The minimum Gasteiger partial charge on any atom is -0.404 e. The lowest BCUT2D eigenvalue weighted by Gasteiger charge is -2.14. The van der Waals surface area contributed by atoms with Crippen molar-refractivity contribution in [1.29, 1.82) is 0 Å². The van der Waals surface area contributed by atoms with Crippen LogP contribution in [0.5, 0.6) is 5.75 Å². The molecule has 0 spiro atoms. The second-order valence-corrected chi connectivity index (χ2v) is 5.16. The predicted molar refractivity (Wildman–Crippen MR) is 76.1 cm³/mol. The van der Waals surface area contributed by atoms with Crippen LogP contribution in [0.4, 0.5) is 18.9 Å². The Labute approximate surface area is 128 Å². The summed E-state index contributed by atoms with van der Waals surface area (Å²) in [5, 5.41) is 7.15. The summed E-state index contributed by atoms with van der Waals surface area (Å²) in [5.74, 6) is -0.264. The molecule has 0 atom stereocenters. The Morgan fingerprint density at radius 1 is 1.33 bits per heavy atom. The van der Waals surface area contributed by atoms with Crippen LogP contribution in [0.1, 0.15) is 11.4 Å². The fraction of sp³-hybridized carbons (Fsp3) is 0.308. The summed E-state index contributed by atoms with van der Waals surface area (Å²) in [5.41, 5.74) is 1.91. The number of para-hydroxylation sites is 2. The highest BCUT2D eigenvalue weighted by atomic mass is 79.9. The number of anilines is 1. The minimum absolute atomic E-state index is 0.264. The van der Waals surface area contributed by atoms with Crippen LogP contribution in [0.25, 0.3) is 0 Å². The molecule has 0 radical (unpaired) electrons. The van der Waals surface area contributed by atoms with E-state index >= 15 is 0 Å². The molecule has 0 aliphatic rings. The third-order valence-electron chi connectivity index (χ3n) is 2.82. The number of aromatic nitrogens is 2. The van der Waals surface area contributed by atoms with Crippen molar-refractivity contribution < 1.29 is 17.9 Å². The Morgan fingerprint density at radius 3 is 2.57 bits per heavy atom. The van der Waals surface area contributed by atoms with Crippen molar-refractivity contribution in [2.45, 2.75) is 19.8 Å². The highest BCUT2D eigenvalue weighted by molar-refractivity contribution is 9.10. The van der Waals surface area contributed by atoms with Gasteiger partial charge in [0.2, 0.25) is 0 Å². The van der Waals surface area contributed by atoms with Gasteiger partial charge in [0.25, 0.3) is 0 Å². The number of ether oxygens (including phenoxy) is 1. The van der Waals surface area contributed by atoms with Crippen LogP contribution in [0.3, 0.4) is 0 Å². The van der Waals surface area contributed by atoms with Gasteiger partial charge in [0.15, 0.2) is 5.75 Å². The van der Waals surface area contributed by atoms with Crippen molar-refractivity contribution in [3.05, 3.63) is 40.1 Å². The number of rotatable bonds is 4. The van der Waals surface area contributed by atoms with Crippen molar-refractivity contribution in [2.24, 2.45) is 7.05 Å². The van der Waals surface area contributed by atoms with E-state index in [0.29, 0.717) is 6.54 Å². The quantitative estimate of drug-likeness (QED) is 0.892. The average molecular weight is 364 g/mol. The lowest BCUT2D eigenvalue weighted by Crippen LogP contribution is -2.18. The first-order valence-electron chi connectivity index (χ1n) is 6.04. The van der Waals surface area contributed by atoms with Gasteiger partial charge in [-0.1, -0.05) is 12.1 Å². The molecule has 0 aliphatic heterocycles.